The number of hydrogen-bond donors (Lipinski definition) is 1. The minimum Gasteiger partial charge on any atom is -0.335 e. The Hall–Kier alpha value is -3.19. The number of benzene rings is 3. The zero-order valence-electron chi connectivity index (χ0n) is 17.9. The Bertz CT molecular complexity index is 1190. The van der Waals surface area contributed by atoms with Crippen LogP contribution in [0.1, 0.15) is 40.0 Å². The van der Waals surface area contributed by atoms with Crippen molar-refractivity contribution in [1.82, 2.24) is 4.90 Å². The topological polar surface area (TPSA) is 66.5 Å². The number of anilines is 1. The van der Waals surface area contributed by atoms with Gasteiger partial charge in [0.15, 0.2) is 0 Å². The largest absolute Gasteiger partial charge is 0.335 e. The van der Waals surface area contributed by atoms with Crippen LogP contribution in [0.4, 0.5) is 10.1 Å². The van der Waals surface area contributed by atoms with Gasteiger partial charge in [0.25, 0.3) is 15.9 Å². The van der Waals surface area contributed by atoms with Crippen LogP contribution in [0, 0.1) is 19.7 Å². The van der Waals surface area contributed by atoms with Gasteiger partial charge in [-0.15, -0.1) is 0 Å². The minimum atomic E-state index is -3.73. The lowest BCUT2D eigenvalue weighted by Crippen LogP contribution is -2.29. The molecule has 1 amide bonds. The Balaban J connectivity index is 1.73. The van der Waals surface area contributed by atoms with Crippen molar-refractivity contribution in [2.24, 2.45) is 0 Å². The molecule has 1 atom stereocenters. The number of rotatable bonds is 6. The van der Waals surface area contributed by atoms with Crippen LogP contribution in [0.25, 0.3) is 0 Å². The molecule has 0 bridgehead atoms. The summed E-state index contributed by atoms with van der Waals surface area (Å²) >= 11 is 0. The van der Waals surface area contributed by atoms with Crippen molar-refractivity contribution in [2.75, 3.05) is 11.8 Å². The third-order valence-corrected chi connectivity index (χ3v) is 6.81. The molecular formula is C24H25FN2O3S. The van der Waals surface area contributed by atoms with E-state index >= 15 is 0 Å². The molecule has 0 saturated carbocycles. The van der Waals surface area contributed by atoms with Gasteiger partial charge >= 0.3 is 0 Å². The van der Waals surface area contributed by atoms with Crippen molar-refractivity contribution in [3.63, 3.8) is 0 Å². The average Bonchev–Trinajstić information content (AvgIpc) is 2.75. The smallest absolute Gasteiger partial charge is 0.261 e. The van der Waals surface area contributed by atoms with E-state index in [1.807, 2.05) is 20.8 Å². The van der Waals surface area contributed by atoms with E-state index in [0.717, 1.165) is 16.7 Å². The first-order valence-corrected chi connectivity index (χ1v) is 11.3. The summed E-state index contributed by atoms with van der Waals surface area (Å²) in [6.45, 7) is 5.64. The molecule has 0 fully saturated rings. The molecule has 5 nitrogen and oxygen atoms in total. The number of carbonyl (C=O) groups excluding carboxylic acids is 1. The van der Waals surface area contributed by atoms with Crippen LogP contribution in [0.5, 0.6) is 0 Å². The quantitative estimate of drug-likeness (QED) is 0.582. The molecular weight excluding hydrogens is 415 g/mol. The van der Waals surface area contributed by atoms with E-state index in [1.54, 1.807) is 66.5 Å². The van der Waals surface area contributed by atoms with Crippen LogP contribution in [0.15, 0.2) is 71.6 Å². The van der Waals surface area contributed by atoms with Crippen LogP contribution in [-0.2, 0) is 10.0 Å². The Morgan fingerprint density at radius 2 is 1.55 bits per heavy atom. The molecule has 0 radical (unpaired) electrons. The number of hydrogen-bond acceptors (Lipinski definition) is 3. The van der Waals surface area contributed by atoms with Crippen LogP contribution < -0.4 is 4.72 Å². The van der Waals surface area contributed by atoms with Gasteiger partial charge in [-0.05, 0) is 86.0 Å². The lowest BCUT2D eigenvalue weighted by molar-refractivity contribution is 0.0742. The van der Waals surface area contributed by atoms with Gasteiger partial charge in [-0.3, -0.25) is 9.52 Å². The van der Waals surface area contributed by atoms with Gasteiger partial charge in [-0.25, -0.2) is 12.8 Å². The van der Waals surface area contributed by atoms with Crippen molar-refractivity contribution < 1.29 is 17.6 Å². The minimum absolute atomic E-state index is 0.184. The summed E-state index contributed by atoms with van der Waals surface area (Å²) in [6, 6.07) is 17.0. The molecule has 0 aliphatic rings. The summed E-state index contributed by atoms with van der Waals surface area (Å²) in [7, 11) is -2.06. The Labute approximate surface area is 182 Å². The van der Waals surface area contributed by atoms with Gasteiger partial charge in [-0.1, -0.05) is 18.2 Å². The molecule has 7 heteroatoms. The summed E-state index contributed by atoms with van der Waals surface area (Å²) in [6.07, 6.45) is 0. The average molecular weight is 441 g/mol. The molecule has 0 aromatic heterocycles. The summed E-state index contributed by atoms with van der Waals surface area (Å²) in [5.74, 6) is -0.552. The van der Waals surface area contributed by atoms with E-state index in [2.05, 4.69) is 4.72 Å². The van der Waals surface area contributed by atoms with Gasteiger partial charge in [0.1, 0.15) is 5.82 Å². The van der Waals surface area contributed by atoms with E-state index in [1.165, 1.54) is 12.1 Å². The highest BCUT2D eigenvalue weighted by Crippen LogP contribution is 2.23. The van der Waals surface area contributed by atoms with Crippen LogP contribution >= 0.6 is 0 Å². The Morgan fingerprint density at radius 1 is 0.935 bits per heavy atom. The monoisotopic (exact) mass is 440 g/mol. The molecule has 0 heterocycles. The molecule has 0 aliphatic carbocycles. The Morgan fingerprint density at radius 3 is 2.13 bits per heavy atom. The third kappa shape index (κ3) is 5.11. The predicted octanol–water partition coefficient (Wildman–Crippen LogP) is 5.08. The van der Waals surface area contributed by atoms with E-state index in [-0.39, 0.29) is 22.7 Å². The fourth-order valence-electron chi connectivity index (χ4n) is 3.12. The highest BCUT2D eigenvalue weighted by molar-refractivity contribution is 7.92. The van der Waals surface area contributed by atoms with Crippen LogP contribution in [0.2, 0.25) is 0 Å². The number of sulfonamides is 1. The first-order chi connectivity index (χ1) is 14.6. The predicted molar refractivity (Wildman–Crippen MR) is 120 cm³/mol. The summed E-state index contributed by atoms with van der Waals surface area (Å²) < 4.78 is 41.0. The molecule has 3 rings (SSSR count). The fourth-order valence-corrected chi connectivity index (χ4v) is 4.26. The van der Waals surface area contributed by atoms with Gasteiger partial charge in [-0.2, -0.15) is 0 Å². The Kier molecular flexibility index (Phi) is 6.45. The normalized spacial score (nSPS) is 12.3. The molecule has 1 N–H and O–H groups in total. The van der Waals surface area contributed by atoms with E-state index in [4.69, 9.17) is 0 Å². The lowest BCUT2D eigenvalue weighted by Gasteiger charge is -2.25. The van der Waals surface area contributed by atoms with Gasteiger partial charge in [0.2, 0.25) is 0 Å². The molecule has 1 unspecified atom stereocenters. The van der Waals surface area contributed by atoms with Crippen molar-refractivity contribution in [1.29, 1.82) is 0 Å². The number of aryl methyl sites for hydroxylation is 2. The summed E-state index contributed by atoms with van der Waals surface area (Å²) in [5.41, 5.74) is 3.51. The molecule has 0 saturated heterocycles. The SMILES string of the molecule is Cc1ccc(S(=O)(=O)Nc2ccc(C(=O)N(C)C(C)c3ccc(F)cc3)cc2)cc1C. The second kappa shape index (κ2) is 8.89. The molecule has 31 heavy (non-hydrogen) atoms. The zero-order chi connectivity index (χ0) is 22.8. The van der Waals surface area contributed by atoms with E-state index < -0.39 is 10.0 Å². The zero-order valence-corrected chi connectivity index (χ0v) is 18.7. The van der Waals surface area contributed by atoms with Crippen molar-refractivity contribution in [3.8, 4) is 0 Å². The summed E-state index contributed by atoms with van der Waals surface area (Å²) in [5, 5.41) is 0. The second-order valence-electron chi connectivity index (χ2n) is 7.57. The summed E-state index contributed by atoms with van der Waals surface area (Å²) in [4.78, 5) is 14.6. The van der Waals surface area contributed by atoms with Gasteiger partial charge in [0, 0.05) is 18.3 Å². The molecule has 162 valence electrons. The van der Waals surface area contributed by atoms with Crippen molar-refractivity contribution in [3.05, 3.63) is 94.8 Å². The first-order valence-electron chi connectivity index (χ1n) is 9.81. The third-order valence-electron chi connectivity index (χ3n) is 5.43. The highest BCUT2D eigenvalue weighted by atomic mass is 32.2. The van der Waals surface area contributed by atoms with Crippen LogP contribution in [0.3, 0.4) is 0 Å². The maximum Gasteiger partial charge on any atom is 0.261 e. The van der Waals surface area contributed by atoms with Crippen molar-refractivity contribution >= 4 is 21.6 Å². The fraction of sp³-hybridized carbons (Fsp3) is 0.208. The number of halogens is 1. The second-order valence-corrected chi connectivity index (χ2v) is 9.25. The molecule has 0 aliphatic heterocycles. The molecule has 0 spiro atoms. The van der Waals surface area contributed by atoms with Crippen LogP contribution in [-0.4, -0.2) is 26.3 Å². The standard InChI is InChI=1S/C24H25FN2O3S/c1-16-5-14-23(15-17(16)2)31(29,30)26-22-12-8-20(9-13-22)24(28)27(4)18(3)19-6-10-21(25)11-7-19/h5-15,18,26H,1-4H3. The molecule has 3 aromatic carbocycles. The van der Waals surface area contributed by atoms with Crippen molar-refractivity contribution in [2.45, 2.75) is 31.7 Å². The molecule has 3 aromatic rings. The highest BCUT2D eigenvalue weighted by Gasteiger charge is 2.20. The van der Waals surface area contributed by atoms with E-state index in [0.29, 0.717) is 11.3 Å². The first kappa shape index (κ1) is 22.5. The number of carbonyl (C=O) groups is 1. The maximum absolute atomic E-state index is 13.1. The number of nitrogens with zero attached hydrogens (tertiary/aromatic N) is 1. The number of amides is 1. The van der Waals surface area contributed by atoms with E-state index in [9.17, 15) is 17.6 Å². The van der Waals surface area contributed by atoms with Gasteiger partial charge in [0.05, 0.1) is 10.9 Å². The number of nitrogens with one attached hydrogen (secondary N) is 1. The lowest BCUT2D eigenvalue weighted by atomic mass is 10.1. The van der Waals surface area contributed by atoms with Gasteiger partial charge < -0.3 is 4.90 Å². The maximum atomic E-state index is 13.1.